The number of aromatic nitrogens is 2. The van der Waals surface area contributed by atoms with Crippen LogP contribution < -0.4 is 5.32 Å². The number of amides is 1. The maximum absolute atomic E-state index is 12.6. The van der Waals surface area contributed by atoms with Crippen LogP contribution >= 0.6 is 0 Å². The van der Waals surface area contributed by atoms with E-state index >= 15 is 0 Å². The molecule has 3 rings (SSSR count). The minimum absolute atomic E-state index is 0.133. The van der Waals surface area contributed by atoms with Crippen molar-refractivity contribution in [1.29, 1.82) is 0 Å². The van der Waals surface area contributed by atoms with Gasteiger partial charge in [0.15, 0.2) is 0 Å². The van der Waals surface area contributed by atoms with E-state index in [0.717, 1.165) is 55.6 Å². The van der Waals surface area contributed by atoms with Crippen LogP contribution in [0.5, 0.6) is 0 Å². The van der Waals surface area contributed by atoms with Gasteiger partial charge in [-0.25, -0.2) is 4.98 Å². The molecule has 0 radical (unpaired) electrons. The Balaban J connectivity index is 1.63. The van der Waals surface area contributed by atoms with Crippen LogP contribution in [0.25, 0.3) is 11.0 Å². The highest BCUT2D eigenvalue weighted by molar-refractivity contribution is 5.97. The van der Waals surface area contributed by atoms with Gasteiger partial charge in [0.1, 0.15) is 0 Å². The lowest BCUT2D eigenvalue weighted by Gasteiger charge is -2.32. The number of aromatic amines is 1. The molecular weight excluding hydrogens is 264 g/mol. The fraction of sp³-hybridized carbons (Fsp3) is 0.500. The summed E-state index contributed by atoms with van der Waals surface area (Å²) in [5.41, 5.74) is 2.57. The third-order valence-corrected chi connectivity index (χ3v) is 4.25. The number of carbonyl (C=O) groups excluding carboxylic acids is 1. The van der Waals surface area contributed by atoms with Crippen molar-refractivity contribution in [2.24, 2.45) is 5.92 Å². The Morgan fingerprint density at radius 1 is 1.43 bits per heavy atom. The number of benzene rings is 1. The van der Waals surface area contributed by atoms with Crippen molar-refractivity contribution in [2.75, 3.05) is 26.2 Å². The first-order valence-electron chi connectivity index (χ1n) is 7.71. The molecule has 112 valence electrons. The highest BCUT2D eigenvalue weighted by Gasteiger charge is 2.23. The van der Waals surface area contributed by atoms with Crippen LogP contribution in [-0.4, -0.2) is 47.0 Å². The standard InChI is InChI=1S/C16H22N4O/c1-2-17-10-12-5-7-20(8-6-12)16(21)13-3-4-14-15(9-13)19-11-18-14/h3-4,9,11-12,17H,2,5-8,10H2,1H3,(H,18,19). The van der Waals surface area contributed by atoms with Gasteiger partial charge < -0.3 is 15.2 Å². The topological polar surface area (TPSA) is 61.0 Å². The molecule has 5 nitrogen and oxygen atoms in total. The fourth-order valence-electron chi connectivity index (χ4n) is 2.94. The van der Waals surface area contributed by atoms with Gasteiger partial charge in [-0.1, -0.05) is 6.92 Å². The smallest absolute Gasteiger partial charge is 0.253 e. The van der Waals surface area contributed by atoms with E-state index in [-0.39, 0.29) is 5.91 Å². The molecule has 0 atom stereocenters. The quantitative estimate of drug-likeness (QED) is 0.904. The molecule has 1 fully saturated rings. The Labute approximate surface area is 124 Å². The van der Waals surface area contributed by atoms with Crippen LogP contribution in [0.15, 0.2) is 24.5 Å². The van der Waals surface area contributed by atoms with E-state index in [1.54, 1.807) is 6.33 Å². The molecule has 1 aromatic carbocycles. The molecule has 1 aromatic heterocycles. The van der Waals surface area contributed by atoms with Crippen LogP contribution in [0.2, 0.25) is 0 Å². The number of H-pyrrole nitrogens is 1. The minimum Gasteiger partial charge on any atom is -0.345 e. The van der Waals surface area contributed by atoms with E-state index < -0.39 is 0 Å². The zero-order chi connectivity index (χ0) is 14.7. The summed E-state index contributed by atoms with van der Waals surface area (Å²) in [5, 5.41) is 3.40. The monoisotopic (exact) mass is 286 g/mol. The molecular formula is C16H22N4O. The van der Waals surface area contributed by atoms with Gasteiger partial charge >= 0.3 is 0 Å². The van der Waals surface area contributed by atoms with Crippen LogP contribution in [0.4, 0.5) is 0 Å². The zero-order valence-electron chi connectivity index (χ0n) is 12.4. The average molecular weight is 286 g/mol. The summed E-state index contributed by atoms with van der Waals surface area (Å²) >= 11 is 0. The summed E-state index contributed by atoms with van der Waals surface area (Å²) in [4.78, 5) is 21.8. The van der Waals surface area contributed by atoms with E-state index in [2.05, 4.69) is 22.2 Å². The molecule has 0 bridgehead atoms. The molecule has 0 spiro atoms. The first-order chi connectivity index (χ1) is 10.3. The lowest BCUT2D eigenvalue weighted by atomic mass is 9.96. The van der Waals surface area contributed by atoms with Crippen molar-refractivity contribution < 1.29 is 4.79 Å². The maximum atomic E-state index is 12.6. The number of imidazole rings is 1. The Hall–Kier alpha value is -1.88. The number of likely N-dealkylation sites (tertiary alicyclic amines) is 1. The fourth-order valence-corrected chi connectivity index (χ4v) is 2.94. The highest BCUT2D eigenvalue weighted by atomic mass is 16.2. The second-order valence-corrected chi connectivity index (χ2v) is 5.68. The summed E-state index contributed by atoms with van der Waals surface area (Å²) in [6.07, 6.45) is 3.83. The summed E-state index contributed by atoms with van der Waals surface area (Å²) in [7, 11) is 0. The average Bonchev–Trinajstić information content (AvgIpc) is 3.00. The molecule has 2 N–H and O–H groups in total. The van der Waals surface area contributed by atoms with Crippen molar-refractivity contribution in [3.63, 3.8) is 0 Å². The van der Waals surface area contributed by atoms with E-state index in [0.29, 0.717) is 5.92 Å². The first kappa shape index (κ1) is 14.1. The lowest BCUT2D eigenvalue weighted by Crippen LogP contribution is -2.40. The van der Waals surface area contributed by atoms with Gasteiger partial charge in [-0.15, -0.1) is 0 Å². The van der Waals surface area contributed by atoms with Crippen molar-refractivity contribution >= 4 is 16.9 Å². The van der Waals surface area contributed by atoms with Gasteiger partial charge in [-0.05, 0) is 50.0 Å². The molecule has 1 amide bonds. The van der Waals surface area contributed by atoms with Crippen molar-refractivity contribution in [2.45, 2.75) is 19.8 Å². The summed E-state index contributed by atoms with van der Waals surface area (Å²) in [5.74, 6) is 0.831. The van der Waals surface area contributed by atoms with E-state index in [9.17, 15) is 4.79 Å². The molecule has 0 aliphatic carbocycles. The molecule has 1 saturated heterocycles. The number of hydrogen-bond acceptors (Lipinski definition) is 3. The van der Waals surface area contributed by atoms with Gasteiger partial charge in [0.2, 0.25) is 0 Å². The van der Waals surface area contributed by atoms with Crippen LogP contribution in [0.3, 0.4) is 0 Å². The van der Waals surface area contributed by atoms with Crippen LogP contribution in [0, 0.1) is 5.92 Å². The number of carbonyl (C=O) groups is 1. The van der Waals surface area contributed by atoms with Crippen LogP contribution in [0.1, 0.15) is 30.1 Å². The number of fused-ring (bicyclic) bond motifs is 1. The second kappa shape index (κ2) is 6.26. The second-order valence-electron chi connectivity index (χ2n) is 5.68. The Kier molecular flexibility index (Phi) is 4.20. The molecule has 0 unspecified atom stereocenters. The molecule has 2 aromatic rings. The Bertz CT molecular complexity index is 614. The van der Waals surface area contributed by atoms with Crippen molar-refractivity contribution in [3.05, 3.63) is 30.1 Å². The third-order valence-electron chi connectivity index (χ3n) is 4.25. The first-order valence-corrected chi connectivity index (χ1v) is 7.71. The lowest BCUT2D eigenvalue weighted by molar-refractivity contribution is 0.0690. The SMILES string of the molecule is CCNCC1CCN(C(=O)c2ccc3nc[nH]c3c2)CC1. The van der Waals surface area contributed by atoms with E-state index in [4.69, 9.17) is 0 Å². The van der Waals surface area contributed by atoms with Gasteiger partial charge in [-0.2, -0.15) is 0 Å². The number of rotatable bonds is 4. The summed E-state index contributed by atoms with van der Waals surface area (Å²) in [6.45, 7) is 5.93. The Morgan fingerprint density at radius 3 is 3.00 bits per heavy atom. The number of hydrogen-bond donors (Lipinski definition) is 2. The van der Waals surface area contributed by atoms with Gasteiger partial charge in [0.25, 0.3) is 5.91 Å². The van der Waals surface area contributed by atoms with E-state index in [1.807, 2.05) is 23.1 Å². The predicted octanol–water partition coefficient (Wildman–Crippen LogP) is 2.02. The third kappa shape index (κ3) is 3.08. The van der Waals surface area contributed by atoms with Gasteiger partial charge in [-0.3, -0.25) is 4.79 Å². The molecule has 0 saturated carbocycles. The summed E-state index contributed by atoms with van der Waals surface area (Å²) in [6, 6.07) is 5.67. The molecule has 5 heteroatoms. The van der Waals surface area contributed by atoms with E-state index in [1.165, 1.54) is 0 Å². The van der Waals surface area contributed by atoms with Gasteiger partial charge in [0, 0.05) is 18.7 Å². The van der Waals surface area contributed by atoms with Gasteiger partial charge in [0.05, 0.1) is 17.4 Å². The highest BCUT2D eigenvalue weighted by Crippen LogP contribution is 2.20. The molecule has 21 heavy (non-hydrogen) atoms. The normalized spacial score (nSPS) is 16.5. The Morgan fingerprint density at radius 2 is 2.24 bits per heavy atom. The predicted molar refractivity (Wildman–Crippen MR) is 83.3 cm³/mol. The maximum Gasteiger partial charge on any atom is 0.253 e. The van der Waals surface area contributed by atoms with Crippen molar-refractivity contribution in [3.8, 4) is 0 Å². The molecule has 2 heterocycles. The molecule has 1 aliphatic heterocycles. The largest absolute Gasteiger partial charge is 0.345 e. The zero-order valence-corrected chi connectivity index (χ0v) is 12.4. The van der Waals surface area contributed by atoms with Crippen molar-refractivity contribution in [1.82, 2.24) is 20.2 Å². The number of nitrogens with one attached hydrogen (secondary N) is 2. The number of nitrogens with zero attached hydrogens (tertiary/aromatic N) is 2. The molecule has 1 aliphatic rings. The van der Waals surface area contributed by atoms with Crippen LogP contribution in [-0.2, 0) is 0 Å². The number of piperidine rings is 1. The minimum atomic E-state index is 0.133. The summed E-state index contributed by atoms with van der Waals surface area (Å²) < 4.78 is 0.